The van der Waals surface area contributed by atoms with Crippen molar-refractivity contribution in [2.45, 2.75) is 36.0 Å². The Labute approximate surface area is 125 Å². The molecule has 0 unspecified atom stereocenters. The second-order valence-corrected chi connectivity index (χ2v) is 6.90. The van der Waals surface area contributed by atoms with Crippen LogP contribution in [-0.4, -0.2) is 7.11 Å². The molecule has 106 valence electrons. The zero-order valence-corrected chi connectivity index (χ0v) is 13.3. The van der Waals surface area contributed by atoms with Gasteiger partial charge in [-0.1, -0.05) is 44.7 Å². The summed E-state index contributed by atoms with van der Waals surface area (Å²) in [6.07, 6.45) is 0. The highest BCUT2D eigenvalue weighted by atomic mass is 32.2. The number of anilines is 1. The number of hydrogen-bond acceptors (Lipinski definition) is 3. The molecule has 0 atom stereocenters. The fourth-order valence-corrected chi connectivity index (χ4v) is 2.74. The average Bonchev–Trinajstić information content (AvgIpc) is 2.40. The van der Waals surface area contributed by atoms with Gasteiger partial charge in [-0.25, -0.2) is 0 Å². The lowest BCUT2D eigenvalue weighted by Crippen LogP contribution is -2.10. The van der Waals surface area contributed by atoms with Crippen LogP contribution in [0.4, 0.5) is 5.69 Å². The molecule has 2 rings (SSSR count). The third-order valence-corrected chi connectivity index (χ3v) is 4.26. The molecule has 2 N–H and O–H groups in total. The molecule has 2 nitrogen and oxygen atoms in total. The molecule has 3 heteroatoms. The van der Waals surface area contributed by atoms with Crippen molar-refractivity contribution in [3.8, 4) is 5.75 Å². The maximum absolute atomic E-state index is 6.04. The SMILES string of the molecule is COc1ccc(Sc2ccc(C(C)(C)C)cc2)c(N)c1. The zero-order chi connectivity index (χ0) is 14.8. The van der Waals surface area contributed by atoms with Crippen LogP contribution in [0.5, 0.6) is 5.75 Å². The molecule has 0 radical (unpaired) electrons. The van der Waals surface area contributed by atoms with Crippen molar-refractivity contribution >= 4 is 17.4 Å². The molecule has 0 aliphatic carbocycles. The molecule has 2 aromatic rings. The number of benzene rings is 2. The summed E-state index contributed by atoms with van der Waals surface area (Å²) in [7, 11) is 1.65. The van der Waals surface area contributed by atoms with E-state index in [1.54, 1.807) is 18.9 Å². The number of nitrogens with two attached hydrogens (primary N) is 1. The molecule has 20 heavy (non-hydrogen) atoms. The van der Waals surface area contributed by atoms with Gasteiger partial charge >= 0.3 is 0 Å². The maximum atomic E-state index is 6.04. The molecule has 0 heterocycles. The lowest BCUT2D eigenvalue weighted by Gasteiger charge is -2.19. The predicted molar refractivity (Wildman–Crippen MR) is 86.7 cm³/mol. The van der Waals surface area contributed by atoms with Gasteiger partial charge in [-0.15, -0.1) is 0 Å². The van der Waals surface area contributed by atoms with Crippen molar-refractivity contribution in [2.75, 3.05) is 12.8 Å². The van der Waals surface area contributed by atoms with Gasteiger partial charge in [-0.3, -0.25) is 0 Å². The molecule has 0 saturated heterocycles. The van der Waals surface area contributed by atoms with E-state index in [9.17, 15) is 0 Å². The van der Waals surface area contributed by atoms with Crippen molar-refractivity contribution in [1.82, 2.24) is 0 Å². The van der Waals surface area contributed by atoms with E-state index in [2.05, 4.69) is 45.0 Å². The Bertz CT molecular complexity index is 585. The first kappa shape index (κ1) is 14.8. The largest absolute Gasteiger partial charge is 0.497 e. The van der Waals surface area contributed by atoms with Gasteiger partial charge in [0.1, 0.15) is 5.75 Å². The molecule has 0 aromatic heterocycles. The highest BCUT2D eigenvalue weighted by Gasteiger charge is 2.13. The second-order valence-electron chi connectivity index (χ2n) is 5.78. The molecular formula is C17H21NOS. The minimum Gasteiger partial charge on any atom is -0.497 e. The Morgan fingerprint density at radius 2 is 1.65 bits per heavy atom. The third-order valence-electron chi connectivity index (χ3n) is 3.17. The van der Waals surface area contributed by atoms with Gasteiger partial charge < -0.3 is 10.5 Å². The smallest absolute Gasteiger partial charge is 0.120 e. The number of methoxy groups -OCH3 is 1. The van der Waals surface area contributed by atoms with Crippen LogP contribution in [-0.2, 0) is 5.41 Å². The van der Waals surface area contributed by atoms with E-state index in [0.29, 0.717) is 0 Å². The molecule has 0 aliphatic heterocycles. The highest BCUT2D eigenvalue weighted by molar-refractivity contribution is 7.99. The van der Waals surface area contributed by atoms with Crippen molar-refractivity contribution in [3.05, 3.63) is 48.0 Å². The fraction of sp³-hybridized carbons (Fsp3) is 0.294. The standard InChI is InChI=1S/C17H21NOS/c1-17(2,3)12-5-8-14(9-6-12)20-16-10-7-13(19-4)11-15(16)18/h5-11H,18H2,1-4H3. The predicted octanol–water partition coefficient (Wildman–Crippen LogP) is 4.73. The van der Waals surface area contributed by atoms with E-state index in [1.807, 2.05) is 18.2 Å². The normalized spacial score (nSPS) is 11.4. The number of hydrogen-bond donors (Lipinski definition) is 1. The molecule has 2 aromatic carbocycles. The van der Waals surface area contributed by atoms with Crippen molar-refractivity contribution < 1.29 is 4.74 Å². The van der Waals surface area contributed by atoms with Gasteiger partial charge in [-0.2, -0.15) is 0 Å². The lowest BCUT2D eigenvalue weighted by molar-refractivity contribution is 0.415. The van der Waals surface area contributed by atoms with Gasteiger partial charge in [0.05, 0.1) is 7.11 Å². The number of nitrogen functional groups attached to an aromatic ring is 1. The zero-order valence-electron chi connectivity index (χ0n) is 12.4. The first-order chi connectivity index (χ1) is 9.40. The van der Waals surface area contributed by atoms with Crippen LogP contribution < -0.4 is 10.5 Å². The monoisotopic (exact) mass is 287 g/mol. The molecule has 0 saturated carbocycles. The second kappa shape index (κ2) is 5.80. The summed E-state index contributed by atoms with van der Waals surface area (Å²) in [5.41, 5.74) is 8.31. The van der Waals surface area contributed by atoms with E-state index in [-0.39, 0.29) is 5.41 Å². The molecular weight excluding hydrogens is 266 g/mol. The van der Waals surface area contributed by atoms with E-state index in [1.165, 1.54) is 10.5 Å². The fourth-order valence-electron chi connectivity index (χ4n) is 1.90. The summed E-state index contributed by atoms with van der Waals surface area (Å²) in [5, 5.41) is 0. The van der Waals surface area contributed by atoms with Crippen LogP contribution in [0.15, 0.2) is 52.3 Å². The van der Waals surface area contributed by atoms with E-state index in [4.69, 9.17) is 10.5 Å². The first-order valence-electron chi connectivity index (χ1n) is 6.62. The van der Waals surface area contributed by atoms with Crippen LogP contribution in [0, 0.1) is 0 Å². The Balaban J connectivity index is 2.18. The summed E-state index contributed by atoms with van der Waals surface area (Å²) in [6.45, 7) is 6.66. The van der Waals surface area contributed by atoms with Crippen molar-refractivity contribution in [2.24, 2.45) is 0 Å². The van der Waals surface area contributed by atoms with Gasteiger partial charge in [0, 0.05) is 21.5 Å². The minimum atomic E-state index is 0.183. The number of ether oxygens (including phenoxy) is 1. The Hall–Kier alpha value is -1.61. The Morgan fingerprint density at radius 1 is 1.00 bits per heavy atom. The average molecular weight is 287 g/mol. The summed E-state index contributed by atoms with van der Waals surface area (Å²) >= 11 is 1.67. The summed E-state index contributed by atoms with van der Waals surface area (Å²) < 4.78 is 5.16. The minimum absolute atomic E-state index is 0.183. The van der Waals surface area contributed by atoms with Gasteiger partial charge in [0.25, 0.3) is 0 Å². The summed E-state index contributed by atoms with van der Waals surface area (Å²) in [6, 6.07) is 14.4. The van der Waals surface area contributed by atoms with Crippen molar-refractivity contribution in [1.29, 1.82) is 0 Å². The first-order valence-corrected chi connectivity index (χ1v) is 7.44. The molecule has 0 amide bonds. The lowest BCUT2D eigenvalue weighted by atomic mass is 9.87. The molecule has 0 fully saturated rings. The van der Waals surface area contributed by atoms with Crippen LogP contribution in [0.3, 0.4) is 0 Å². The van der Waals surface area contributed by atoms with Gasteiger partial charge in [-0.05, 0) is 35.2 Å². The van der Waals surface area contributed by atoms with Crippen LogP contribution in [0.25, 0.3) is 0 Å². The van der Waals surface area contributed by atoms with E-state index < -0.39 is 0 Å². The van der Waals surface area contributed by atoms with Crippen LogP contribution >= 0.6 is 11.8 Å². The summed E-state index contributed by atoms with van der Waals surface area (Å²) in [5.74, 6) is 0.787. The molecule has 0 aliphatic rings. The molecule has 0 bridgehead atoms. The Morgan fingerprint density at radius 3 is 2.15 bits per heavy atom. The topological polar surface area (TPSA) is 35.2 Å². The number of rotatable bonds is 3. The highest BCUT2D eigenvalue weighted by Crippen LogP contribution is 2.35. The maximum Gasteiger partial charge on any atom is 0.120 e. The van der Waals surface area contributed by atoms with Crippen molar-refractivity contribution in [3.63, 3.8) is 0 Å². The Kier molecular flexibility index (Phi) is 4.29. The quantitative estimate of drug-likeness (QED) is 0.829. The summed E-state index contributed by atoms with van der Waals surface area (Å²) in [4.78, 5) is 2.24. The van der Waals surface area contributed by atoms with Gasteiger partial charge in [0.15, 0.2) is 0 Å². The van der Waals surface area contributed by atoms with E-state index in [0.717, 1.165) is 16.3 Å². The third kappa shape index (κ3) is 3.48. The van der Waals surface area contributed by atoms with Crippen LogP contribution in [0.2, 0.25) is 0 Å². The van der Waals surface area contributed by atoms with E-state index >= 15 is 0 Å². The van der Waals surface area contributed by atoms with Crippen LogP contribution in [0.1, 0.15) is 26.3 Å². The van der Waals surface area contributed by atoms with Gasteiger partial charge in [0.2, 0.25) is 0 Å². The molecule has 0 spiro atoms.